The number of halogens is 1. The second-order valence-corrected chi connectivity index (χ2v) is 4.31. The fourth-order valence-electron chi connectivity index (χ4n) is 1.82. The van der Waals surface area contributed by atoms with Crippen LogP contribution in [0.2, 0.25) is 0 Å². The van der Waals surface area contributed by atoms with Crippen molar-refractivity contribution in [2.24, 2.45) is 0 Å². The van der Waals surface area contributed by atoms with E-state index >= 15 is 0 Å². The molecule has 0 saturated carbocycles. The summed E-state index contributed by atoms with van der Waals surface area (Å²) in [6.07, 6.45) is -0.107. The first-order valence-electron chi connectivity index (χ1n) is 6.46. The van der Waals surface area contributed by atoms with Gasteiger partial charge in [-0.2, -0.15) is 0 Å². The van der Waals surface area contributed by atoms with E-state index in [0.717, 1.165) is 0 Å². The number of hydrogen-bond donors (Lipinski definition) is 1. The molecule has 0 aliphatic rings. The molecule has 1 N–H and O–H groups in total. The normalized spacial score (nSPS) is 10.1. The maximum atomic E-state index is 13.3. The second-order valence-electron chi connectivity index (χ2n) is 4.31. The number of para-hydroxylation sites is 2. The van der Waals surface area contributed by atoms with Gasteiger partial charge in [-0.1, -0.05) is 30.3 Å². The summed E-state index contributed by atoms with van der Waals surface area (Å²) in [6.45, 7) is 0.368. The van der Waals surface area contributed by atoms with Crippen molar-refractivity contribution in [1.29, 1.82) is 0 Å². The average molecular weight is 290 g/mol. The molecule has 0 saturated heterocycles. The van der Waals surface area contributed by atoms with E-state index in [1.165, 1.54) is 12.1 Å². The van der Waals surface area contributed by atoms with Crippen molar-refractivity contribution in [2.75, 3.05) is 13.2 Å². The Balaban J connectivity index is 1.86. The van der Waals surface area contributed by atoms with E-state index in [1.54, 1.807) is 36.4 Å². The smallest absolute Gasteiger partial charge is 0.307 e. The van der Waals surface area contributed by atoms with Gasteiger partial charge in [-0.25, -0.2) is 4.39 Å². The van der Waals surface area contributed by atoms with Crippen LogP contribution in [0.15, 0.2) is 48.5 Å². The zero-order valence-electron chi connectivity index (χ0n) is 11.3. The van der Waals surface area contributed by atoms with E-state index in [9.17, 15) is 9.18 Å². The van der Waals surface area contributed by atoms with Crippen LogP contribution in [0.4, 0.5) is 4.39 Å². The van der Waals surface area contributed by atoms with E-state index in [-0.39, 0.29) is 25.4 Å². The van der Waals surface area contributed by atoms with Crippen molar-refractivity contribution in [3.8, 4) is 11.5 Å². The third-order valence-electron chi connectivity index (χ3n) is 2.75. The molecule has 0 heterocycles. The minimum Gasteiger partial charge on any atom is -0.490 e. The van der Waals surface area contributed by atoms with Gasteiger partial charge in [0, 0.05) is 5.56 Å². The molecule has 0 aliphatic carbocycles. The first-order valence-corrected chi connectivity index (χ1v) is 6.46. The van der Waals surface area contributed by atoms with E-state index in [2.05, 4.69) is 0 Å². The standard InChI is InChI=1S/C16H15FO4/c17-13-6-2-4-8-15(13)21-10-9-20-14-7-3-1-5-12(14)11-16(18)19/h1-8H,9-11H2,(H,18,19). The molecule has 21 heavy (non-hydrogen) atoms. The molecule has 0 atom stereocenters. The molecule has 0 radical (unpaired) electrons. The van der Waals surface area contributed by atoms with Crippen molar-refractivity contribution in [3.63, 3.8) is 0 Å². The van der Waals surface area contributed by atoms with E-state index < -0.39 is 11.8 Å². The second kappa shape index (κ2) is 7.28. The molecular formula is C16H15FO4. The van der Waals surface area contributed by atoms with E-state index in [1.807, 2.05) is 0 Å². The number of ether oxygens (including phenoxy) is 2. The molecule has 2 aromatic carbocycles. The highest BCUT2D eigenvalue weighted by molar-refractivity contribution is 5.71. The predicted molar refractivity (Wildman–Crippen MR) is 75.2 cm³/mol. The van der Waals surface area contributed by atoms with Crippen LogP contribution >= 0.6 is 0 Å². The summed E-state index contributed by atoms with van der Waals surface area (Å²) in [5.41, 5.74) is 0.593. The number of carboxylic acids is 1. The highest BCUT2D eigenvalue weighted by Crippen LogP contribution is 2.19. The van der Waals surface area contributed by atoms with Crippen LogP contribution in [0, 0.1) is 5.82 Å². The molecule has 5 heteroatoms. The Morgan fingerprint density at radius 3 is 2.19 bits per heavy atom. The fourth-order valence-corrected chi connectivity index (χ4v) is 1.82. The quantitative estimate of drug-likeness (QED) is 0.797. The minimum absolute atomic E-state index is 0.107. The third kappa shape index (κ3) is 4.49. The number of carbonyl (C=O) groups is 1. The van der Waals surface area contributed by atoms with E-state index in [4.69, 9.17) is 14.6 Å². The Morgan fingerprint density at radius 1 is 0.952 bits per heavy atom. The van der Waals surface area contributed by atoms with Crippen LogP contribution in [0.3, 0.4) is 0 Å². The van der Waals surface area contributed by atoms with Gasteiger partial charge < -0.3 is 14.6 Å². The molecule has 0 amide bonds. The number of aliphatic carboxylic acids is 1. The molecule has 0 spiro atoms. The maximum absolute atomic E-state index is 13.3. The highest BCUT2D eigenvalue weighted by atomic mass is 19.1. The molecule has 0 unspecified atom stereocenters. The summed E-state index contributed by atoms with van der Waals surface area (Å²) in [7, 11) is 0. The lowest BCUT2D eigenvalue weighted by Gasteiger charge is -2.11. The van der Waals surface area contributed by atoms with Gasteiger partial charge in [-0.3, -0.25) is 4.79 Å². The Bertz CT molecular complexity index is 613. The average Bonchev–Trinajstić information content (AvgIpc) is 2.46. The van der Waals surface area contributed by atoms with Gasteiger partial charge in [0.1, 0.15) is 19.0 Å². The van der Waals surface area contributed by atoms with Crippen molar-refractivity contribution < 1.29 is 23.8 Å². The maximum Gasteiger partial charge on any atom is 0.307 e. The van der Waals surface area contributed by atoms with Crippen LogP contribution in [0.5, 0.6) is 11.5 Å². The topological polar surface area (TPSA) is 55.8 Å². The van der Waals surface area contributed by atoms with Crippen molar-refractivity contribution in [3.05, 3.63) is 59.9 Å². The third-order valence-corrected chi connectivity index (χ3v) is 2.75. The number of rotatable bonds is 7. The van der Waals surface area contributed by atoms with Crippen LogP contribution in [-0.2, 0) is 11.2 Å². The summed E-state index contributed by atoms with van der Waals surface area (Å²) in [5.74, 6) is -0.686. The lowest BCUT2D eigenvalue weighted by Crippen LogP contribution is -2.11. The molecule has 110 valence electrons. The summed E-state index contributed by atoms with van der Waals surface area (Å²) >= 11 is 0. The summed E-state index contributed by atoms with van der Waals surface area (Å²) in [6, 6.07) is 13.0. The minimum atomic E-state index is -0.923. The Labute approximate surface area is 121 Å². The monoisotopic (exact) mass is 290 g/mol. The SMILES string of the molecule is O=C(O)Cc1ccccc1OCCOc1ccccc1F. The molecule has 2 rings (SSSR count). The first kappa shape index (κ1) is 14.8. The van der Waals surface area contributed by atoms with Crippen LogP contribution < -0.4 is 9.47 Å². The van der Waals surface area contributed by atoms with Gasteiger partial charge in [0.05, 0.1) is 6.42 Å². The molecule has 0 fully saturated rings. The number of hydrogen-bond acceptors (Lipinski definition) is 3. The highest BCUT2D eigenvalue weighted by Gasteiger charge is 2.07. The molecule has 0 aliphatic heterocycles. The summed E-state index contributed by atoms with van der Waals surface area (Å²) < 4.78 is 24.1. The van der Waals surface area contributed by atoms with Crippen LogP contribution in [0.25, 0.3) is 0 Å². The Kier molecular flexibility index (Phi) is 5.15. The molecular weight excluding hydrogens is 275 g/mol. The van der Waals surface area contributed by atoms with Crippen molar-refractivity contribution in [1.82, 2.24) is 0 Å². The zero-order chi connectivity index (χ0) is 15.1. The van der Waals surface area contributed by atoms with Gasteiger partial charge in [0.2, 0.25) is 0 Å². The molecule has 4 nitrogen and oxygen atoms in total. The van der Waals surface area contributed by atoms with Gasteiger partial charge >= 0.3 is 5.97 Å². The van der Waals surface area contributed by atoms with Gasteiger partial charge in [0.15, 0.2) is 11.6 Å². The Morgan fingerprint density at radius 2 is 1.52 bits per heavy atom. The zero-order valence-corrected chi connectivity index (χ0v) is 11.3. The van der Waals surface area contributed by atoms with Crippen molar-refractivity contribution in [2.45, 2.75) is 6.42 Å². The van der Waals surface area contributed by atoms with Crippen LogP contribution in [-0.4, -0.2) is 24.3 Å². The van der Waals surface area contributed by atoms with Gasteiger partial charge in [-0.15, -0.1) is 0 Å². The summed E-state index contributed by atoms with van der Waals surface area (Å²) in [5, 5.41) is 8.82. The molecule has 0 aromatic heterocycles. The fraction of sp³-hybridized carbons (Fsp3) is 0.188. The largest absolute Gasteiger partial charge is 0.490 e. The first-order chi connectivity index (χ1) is 10.2. The van der Waals surface area contributed by atoms with Crippen LogP contribution in [0.1, 0.15) is 5.56 Å². The van der Waals surface area contributed by atoms with Crippen molar-refractivity contribution >= 4 is 5.97 Å². The number of carboxylic acid groups (broad SMARTS) is 1. The van der Waals surface area contributed by atoms with Gasteiger partial charge in [-0.05, 0) is 18.2 Å². The summed E-state index contributed by atoms with van der Waals surface area (Å²) in [4.78, 5) is 10.8. The Hall–Kier alpha value is -2.56. The molecule has 2 aromatic rings. The van der Waals surface area contributed by atoms with E-state index in [0.29, 0.717) is 11.3 Å². The lowest BCUT2D eigenvalue weighted by molar-refractivity contribution is -0.136. The molecule has 0 bridgehead atoms. The number of benzene rings is 2. The lowest BCUT2D eigenvalue weighted by atomic mass is 10.1. The van der Waals surface area contributed by atoms with Gasteiger partial charge in [0.25, 0.3) is 0 Å². The predicted octanol–water partition coefficient (Wildman–Crippen LogP) is 2.91.